The molecule has 3 heteroatoms. The van der Waals surface area contributed by atoms with Crippen molar-refractivity contribution in [3.05, 3.63) is 53.0 Å². The van der Waals surface area contributed by atoms with Gasteiger partial charge in [-0.1, -0.05) is 24.3 Å². The van der Waals surface area contributed by atoms with E-state index in [1.807, 2.05) is 6.92 Å². The molecule has 2 aromatic heterocycles. The number of aryl methyl sites for hydroxylation is 4. The van der Waals surface area contributed by atoms with Gasteiger partial charge in [-0.05, 0) is 44.7 Å². The molecule has 0 fully saturated rings. The minimum absolute atomic E-state index is 0.837. The molecule has 4 rings (SSSR count). The van der Waals surface area contributed by atoms with Crippen LogP contribution in [-0.2, 0) is 12.8 Å². The molecule has 0 bridgehead atoms. The number of hydrogen-bond acceptors (Lipinski definition) is 2. The highest BCUT2D eigenvalue weighted by Crippen LogP contribution is 2.32. The molecule has 1 aliphatic carbocycles. The summed E-state index contributed by atoms with van der Waals surface area (Å²) in [4.78, 5) is 9.42. The molecule has 0 radical (unpaired) electrons. The summed E-state index contributed by atoms with van der Waals surface area (Å²) in [5, 5.41) is 0. The van der Waals surface area contributed by atoms with Gasteiger partial charge in [0, 0.05) is 17.0 Å². The lowest BCUT2D eigenvalue weighted by Gasteiger charge is -2.05. The topological polar surface area (TPSA) is 30.2 Å². The first-order valence-corrected chi connectivity index (χ1v) is 7.18. The molecule has 0 saturated carbocycles. The number of aromatic nitrogens is 3. The molecule has 20 heavy (non-hydrogen) atoms. The molecule has 0 atom stereocenters. The van der Waals surface area contributed by atoms with E-state index in [0.29, 0.717) is 0 Å². The zero-order chi connectivity index (χ0) is 13.7. The van der Waals surface area contributed by atoms with E-state index in [9.17, 15) is 0 Å². The van der Waals surface area contributed by atoms with Gasteiger partial charge in [0.25, 0.3) is 0 Å². The van der Waals surface area contributed by atoms with Crippen molar-refractivity contribution in [1.82, 2.24) is 14.4 Å². The van der Waals surface area contributed by atoms with Gasteiger partial charge in [0.1, 0.15) is 0 Å². The molecular formula is C17H17N3. The lowest BCUT2D eigenvalue weighted by molar-refractivity contribution is 0.795. The van der Waals surface area contributed by atoms with Crippen LogP contribution in [0.5, 0.6) is 0 Å². The fourth-order valence-electron chi connectivity index (χ4n) is 3.31. The maximum absolute atomic E-state index is 4.83. The molecular weight excluding hydrogens is 246 g/mol. The maximum Gasteiger partial charge on any atom is 0.234 e. The highest BCUT2D eigenvalue weighted by atomic mass is 15.1. The van der Waals surface area contributed by atoms with Crippen LogP contribution in [0.1, 0.15) is 29.1 Å². The Morgan fingerprint density at radius 1 is 1.05 bits per heavy atom. The summed E-state index contributed by atoms with van der Waals surface area (Å²) in [6.07, 6.45) is 3.37. The average molecular weight is 263 g/mol. The van der Waals surface area contributed by atoms with Gasteiger partial charge in [0.2, 0.25) is 5.78 Å². The molecule has 100 valence electrons. The van der Waals surface area contributed by atoms with Crippen molar-refractivity contribution in [3.8, 4) is 11.3 Å². The van der Waals surface area contributed by atoms with Gasteiger partial charge in [-0.15, -0.1) is 0 Å². The van der Waals surface area contributed by atoms with Crippen molar-refractivity contribution in [2.75, 3.05) is 0 Å². The Bertz CT molecular complexity index is 814. The second-order valence-electron chi connectivity index (χ2n) is 5.59. The van der Waals surface area contributed by atoms with Gasteiger partial charge in [-0.3, -0.25) is 4.40 Å². The molecule has 1 aromatic carbocycles. The Labute approximate surface area is 118 Å². The molecule has 0 amide bonds. The van der Waals surface area contributed by atoms with E-state index < -0.39 is 0 Å². The SMILES string of the molecule is Cc1cc(C)n2c3c(nc2n1)-c1ccccc1CCC3. The normalized spacial score (nSPS) is 13.9. The van der Waals surface area contributed by atoms with E-state index in [4.69, 9.17) is 4.98 Å². The third-order valence-corrected chi connectivity index (χ3v) is 4.13. The molecule has 3 aromatic rings. The number of nitrogens with zero attached hydrogens (tertiary/aromatic N) is 3. The second kappa shape index (κ2) is 4.17. The van der Waals surface area contributed by atoms with Crippen LogP contribution < -0.4 is 0 Å². The largest absolute Gasteiger partial charge is 0.285 e. The first-order chi connectivity index (χ1) is 9.74. The van der Waals surface area contributed by atoms with Gasteiger partial charge in [0.15, 0.2) is 0 Å². The maximum atomic E-state index is 4.83. The summed E-state index contributed by atoms with van der Waals surface area (Å²) >= 11 is 0. The van der Waals surface area contributed by atoms with Gasteiger partial charge < -0.3 is 0 Å². The van der Waals surface area contributed by atoms with Crippen LogP contribution in [0.25, 0.3) is 17.0 Å². The lowest BCUT2D eigenvalue weighted by Crippen LogP contribution is -2.00. The van der Waals surface area contributed by atoms with Crippen LogP contribution in [0.15, 0.2) is 30.3 Å². The van der Waals surface area contributed by atoms with E-state index >= 15 is 0 Å². The number of benzene rings is 1. The van der Waals surface area contributed by atoms with E-state index in [-0.39, 0.29) is 0 Å². The van der Waals surface area contributed by atoms with Gasteiger partial charge >= 0.3 is 0 Å². The second-order valence-corrected chi connectivity index (χ2v) is 5.59. The smallest absolute Gasteiger partial charge is 0.234 e. The molecule has 0 N–H and O–H groups in total. The molecule has 0 saturated heterocycles. The number of rotatable bonds is 0. The summed E-state index contributed by atoms with van der Waals surface area (Å²) in [5.74, 6) is 0.837. The minimum atomic E-state index is 0.837. The van der Waals surface area contributed by atoms with Crippen molar-refractivity contribution in [2.45, 2.75) is 33.1 Å². The van der Waals surface area contributed by atoms with Crippen molar-refractivity contribution in [2.24, 2.45) is 0 Å². The van der Waals surface area contributed by atoms with Gasteiger partial charge in [0.05, 0.1) is 11.4 Å². The van der Waals surface area contributed by atoms with E-state index in [1.54, 1.807) is 0 Å². The number of fused-ring (bicyclic) bond motifs is 5. The number of hydrogen-bond donors (Lipinski definition) is 0. The average Bonchev–Trinajstić information content (AvgIpc) is 2.68. The highest BCUT2D eigenvalue weighted by Gasteiger charge is 2.21. The molecule has 1 aliphatic rings. The number of imidazole rings is 1. The molecule has 0 aliphatic heterocycles. The van der Waals surface area contributed by atoms with Crippen LogP contribution in [0.2, 0.25) is 0 Å². The summed E-state index contributed by atoms with van der Waals surface area (Å²) in [6.45, 7) is 4.17. The molecule has 0 unspecified atom stereocenters. The summed E-state index contributed by atoms with van der Waals surface area (Å²) < 4.78 is 2.23. The quantitative estimate of drug-likeness (QED) is 0.621. The van der Waals surface area contributed by atoms with Crippen LogP contribution in [0, 0.1) is 13.8 Å². The lowest BCUT2D eigenvalue weighted by atomic mass is 10.0. The van der Waals surface area contributed by atoms with Crippen LogP contribution in [-0.4, -0.2) is 14.4 Å². The van der Waals surface area contributed by atoms with E-state index in [2.05, 4.69) is 46.6 Å². The summed E-state index contributed by atoms with van der Waals surface area (Å²) in [7, 11) is 0. The fraction of sp³-hybridized carbons (Fsp3) is 0.294. The summed E-state index contributed by atoms with van der Waals surface area (Å²) in [5.41, 5.74) is 7.38. The van der Waals surface area contributed by atoms with E-state index in [0.717, 1.165) is 30.0 Å². The van der Waals surface area contributed by atoms with Crippen LogP contribution in [0.3, 0.4) is 0 Å². The Balaban J connectivity index is 2.10. The molecule has 2 heterocycles. The van der Waals surface area contributed by atoms with Crippen LogP contribution in [0.4, 0.5) is 0 Å². The third-order valence-electron chi connectivity index (χ3n) is 4.13. The van der Waals surface area contributed by atoms with Crippen molar-refractivity contribution in [3.63, 3.8) is 0 Å². The third kappa shape index (κ3) is 1.59. The predicted molar refractivity (Wildman–Crippen MR) is 79.9 cm³/mol. The monoisotopic (exact) mass is 263 g/mol. The Morgan fingerprint density at radius 3 is 2.80 bits per heavy atom. The zero-order valence-corrected chi connectivity index (χ0v) is 11.8. The fourth-order valence-corrected chi connectivity index (χ4v) is 3.31. The van der Waals surface area contributed by atoms with E-state index in [1.165, 1.54) is 28.9 Å². The molecule has 3 nitrogen and oxygen atoms in total. The Kier molecular flexibility index (Phi) is 2.43. The Morgan fingerprint density at radius 2 is 1.90 bits per heavy atom. The standard InChI is InChI=1S/C17H17N3/c1-11-10-12(2)20-15-9-5-7-13-6-3-4-8-14(13)16(15)19-17(20)18-11/h3-4,6,8,10H,5,7,9H2,1-2H3. The van der Waals surface area contributed by atoms with Gasteiger partial charge in [-0.25, -0.2) is 9.97 Å². The molecule has 0 spiro atoms. The predicted octanol–water partition coefficient (Wildman–Crippen LogP) is 3.50. The summed E-state index contributed by atoms with van der Waals surface area (Å²) in [6, 6.07) is 10.8. The highest BCUT2D eigenvalue weighted by molar-refractivity contribution is 5.70. The van der Waals surface area contributed by atoms with Crippen molar-refractivity contribution in [1.29, 1.82) is 0 Å². The van der Waals surface area contributed by atoms with Crippen molar-refractivity contribution >= 4 is 5.78 Å². The first-order valence-electron chi connectivity index (χ1n) is 7.18. The van der Waals surface area contributed by atoms with Gasteiger partial charge in [-0.2, -0.15) is 0 Å². The zero-order valence-electron chi connectivity index (χ0n) is 11.8. The minimum Gasteiger partial charge on any atom is -0.285 e. The van der Waals surface area contributed by atoms with Crippen LogP contribution >= 0.6 is 0 Å². The Hall–Kier alpha value is -2.16. The first kappa shape index (κ1) is 11.6. The van der Waals surface area contributed by atoms with Crippen molar-refractivity contribution < 1.29 is 0 Å².